The van der Waals surface area contributed by atoms with Crippen molar-refractivity contribution in [2.45, 2.75) is 33.7 Å². The SMILES string of the molecule is CCN[C@H](C)CNC(=O)c1cc(C)cc(C)c1.Cl. The lowest BCUT2D eigenvalue weighted by molar-refractivity contribution is 0.0950. The summed E-state index contributed by atoms with van der Waals surface area (Å²) in [7, 11) is 0. The Morgan fingerprint density at radius 2 is 1.78 bits per heavy atom. The minimum Gasteiger partial charge on any atom is -0.350 e. The summed E-state index contributed by atoms with van der Waals surface area (Å²) in [4.78, 5) is 11.9. The molecular weight excluding hydrogens is 248 g/mol. The van der Waals surface area contributed by atoms with Crippen LogP contribution in [0.15, 0.2) is 18.2 Å². The van der Waals surface area contributed by atoms with Gasteiger partial charge in [0.25, 0.3) is 5.91 Å². The quantitative estimate of drug-likeness (QED) is 0.863. The predicted octanol–water partition coefficient (Wildman–Crippen LogP) is 2.45. The first-order valence-electron chi connectivity index (χ1n) is 6.12. The predicted molar refractivity (Wildman–Crippen MR) is 78.6 cm³/mol. The maximum Gasteiger partial charge on any atom is 0.251 e. The maximum absolute atomic E-state index is 11.9. The van der Waals surface area contributed by atoms with Gasteiger partial charge in [0.05, 0.1) is 0 Å². The average molecular weight is 271 g/mol. The summed E-state index contributed by atoms with van der Waals surface area (Å²) >= 11 is 0. The topological polar surface area (TPSA) is 41.1 Å². The van der Waals surface area contributed by atoms with E-state index >= 15 is 0 Å². The zero-order chi connectivity index (χ0) is 12.8. The van der Waals surface area contributed by atoms with Crippen molar-refractivity contribution in [2.75, 3.05) is 13.1 Å². The molecule has 1 aromatic rings. The molecule has 0 aliphatic carbocycles. The largest absolute Gasteiger partial charge is 0.350 e. The van der Waals surface area contributed by atoms with Crippen LogP contribution < -0.4 is 10.6 Å². The van der Waals surface area contributed by atoms with E-state index in [4.69, 9.17) is 0 Å². The molecular formula is C14H23ClN2O. The molecule has 0 bridgehead atoms. The van der Waals surface area contributed by atoms with Crippen LogP contribution >= 0.6 is 12.4 Å². The van der Waals surface area contributed by atoms with Gasteiger partial charge >= 0.3 is 0 Å². The van der Waals surface area contributed by atoms with Crippen molar-refractivity contribution < 1.29 is 4.79 Å². The molecule has 0 heterocycles. The van der Waals surface area contributed by atoms with E-state index in [0.717, 1.165) is 23.2 Å². The number of likely N-dealkylation sites (N-methyl/N-ethyl adjacent to an activating group) is 1. The van der Waals surface area contributed by atoms with Crippen molar-refractivity contribution in [3.8, 4) is 0 Å². The van der Waals surface area contributed by atoms with E-state index in [9.17, 15) is 4.79 Å². The van der Waals surface area contributed by atoms with Gasteiger partial charge in [0.15, 0.2) is 0 Å². The van der Waals surface area contributed by atoms with Crippen LogP contribution in [0.4, 0.5) is 0 Å². The van der Waals surface area contributed by atoms with E-state index in [2.05, 4.69) is 30.5 Å². The van der Waals surface area contributed by atoms with Crippen molar-refractivity contribution >= 4 is 18.3 Å². The highest BCUT2D eigenvalue weighted by atomic mass is 35.5. The van der Waals surface area contributed by atoms with Crippen LogP contribution in [-0.2, 0) is 0 Å². The molecule has 0 fully saturated rings. The summed E-state index contributed by atoms with van der Waals surface area (Å²) in [6.45, 7) is 9.70. The Hall–Kier alpha value is -1.06. The minimum absolute atomic E-state index is 0. The summed E-state index contributed by atoms with van der Waals surface area (Å²) in [5.74, 6) is 0.00144. The van der Waals surface area contributed by atoms with Gasteiger partial charge < -0.3 is 10.6 Å². The van der Waals surface area contributed by atoms with Crippen LogP contribution in [-0.4, -0.2) is 25.0 Å². The van der Waals surface area contributed by atoms with Crippen LogP contribution in [0.5, 0.6) is 0 Å². The third-order valence-corrected chi connectivity index (χ3v) is 2.61. The number of hydrogen-bond acceptors (Lipinski definition) is 2. The van der Waals surface area contributed by atoms with Gasteiger partial charge in [0.1, 0.15) is 0 Å². The first-order valence-corrected chi connectivity index (χ1v) is 6.12. The molecule has 0 aliphatic heterocycles. The number of halogens is 1. The molecule has 0 aliphatic rings. The van der Waals surface area contributed by atoms with Crippen LogP contribution in [0.3, 0.4) is 0 Å². The van der Waals surface area contributed by atoms with Gasteiger partial charge in [-0.2, -0.15) is 0 Å². The highest BCUT2D eigenvalue weighted by Crippen LogP contribution is 2.08. The molecule has 1 atom stereocenters. The lowest BCUT2D eigenvalue weighted by Gasteiger charge is -2.13. The Bertz CT molecular complexity index is 373. The second-order valence-corrected chi connectivity index (χ2v) is 4.55. The molecule has 0 saturated heterocycles. The fraction of sp³-hybridized carbons (Fsp3) is 0.500. The fourth-order valence-electron chi connectivity index (χ4n) is 1.87. The molecule has 4 heteroatoms. The fourth-order valence-corrected chi connectivity index (χ4v) is 1.87. The number of nitrogens with one attached hydrogen (secondary N) is 2. The van der Waals surface area contributed by atoms with Crippen molar-refractivity contribution in [1.82, 2.24) is 10.6 Å². The van der Waals surface area contributed by atoms with E-state index in [0.29, 0.717) is 12.6 Å². The van der Waals surface area contributed by atoms with E-state index < -0.39 is 0 Å². The van der Waals surface area contributed by atoms with Crippen molar-refractivity contribution in [2.24, 2.45) is 0 Å². The monoisotopic (exact) mass is 270 g/mol. The van der Waals surface area contributed by atoms with E-state index in [1.165, 1.54) is 0 Å². The Kier molecular flexibility index (Phi) is 7.64. The van der Waals surface area contributed by atoms with Gasteiger partial charge in [-0.25, -0.2) is 0 Å². The van der Waals surface area contributed by atoms with Crippen molar-refractivity contribution in [3.63, 3.8) is 0 Å². The number of amides is 1. The normalized spacial score (nSPS) is 11.6. The highest BCUT2D eigenvalue weighted by Gasteiger charge is 2.07. The van der Waals surface area contributed by atoms with Gasteiger partial charge in [-0.3, -0.25) is 4.79 Å². The lowest BCUT2D eigenvalue weighted by Crippen LogP contribution is -2.38. The van der Waals surface area contributed by atoms with Crippen LogP contribution in [0.2, 0.25) is 0 Å². The number of aryl methyl sites for hydroxylation is 2. The zero-order valence-corrected chi connectivity index (χ0v) is 12.4. The van der Waals surface area contributed by atoms with Crippen LogP contribution in [0.25, 0.3) is 0 Å². The van der Waals surface area contributed by atoms with Gasteiger partial charge in [-0.1, -0.05) is 24.1 Å². The van der Waals surface area contributed by atoms with Crippen molar-refractivity contribution in [1.29, 1.82) is 0 Å². The van der Waals surface area contributed by atoms with E-state index in [1.807, 2.05) is 26.0 Å². The molecule has 1 amide bonds. The molecule has 0 saturated carbocycles. The third kappa shape index (κ3) is 5.52. The summed E-state index contributed by atoms with van der Waals surface area (Å²) < 4.78 is 0. The van der Waals surface area contributed by atoms with Gasteiger partial charge in [-0.05, 0) is 39.4 Å². The van der Waals surface area contributed by atoms with Gasteiger partial charge in [0, 0.05) is 18.2 Å². The van der Waals surface area contributed by atoms with E-state index in [-0.39, 0.29) is 18.3 Å². The maximum atomic E-state index is 11.9. The van der Waals surface area contributed by atoms with Gasteiger partial charge in [0.2, 0.25) is 0 Å². The first kappa shape index (κ1) is 16.9. The number of benzene rings is 1. The van der Waals surface area contributed by atoms with Crippen LogP contribution in [0, 0.1) is 13.8 Å². The highest BCUT2D eigenvalue weighted by molar-refractivity contribution is 5.94. The molecule has 0 radical (unpaired) electrons. The molecule has 1 rings (SSSR count). The number of carbonyl (C=O) groups is 1. The standard InChI is InChI=1S/C14H22N2O.ClH/c1-5-15-12(4)9-16-14(17)13-7-10(2)6-11(3)8-13;/h6-8,12,15H,5,9H2,1-4H3,(H,16,17);1H/t12-;/m1./s1. The summed E-state index contributed by atoms with van der Waals surface area (Å²) in [6, 6.07) is 6.20. The third-order valence-electron chi connectivity index (χ3n) is 2.61. The summed E-state index contributed by atoms with van der Waals surface area (Å²) in [6.07, 6.45) is 0. The smallest absolute Gasteiger partial charge is 0.251 e. The molecule has 0 spiro atoms. The molecule has 1 aromatic carbocycles. The molecule has 3 nitrogen and oxygen atoms in total. The minimum atomic E-state index is 0. The molecule has 0 aromatic heterocycles. The number of carbonyl (C=O) groups excluding carboxylic acids is 1. The zero-order valence-electron chi connectivity index (χ0n) is 11.5. The Labute approximate surface area is 116 Å². The second-order valence-electron chi connectivity index (χ2n) is 4.55. The average Bonchev–Trinajstić information content (AvgIpc) is 2.25. The van der Waals surface area contributed by atoms with Crippen LogP contribution in [0.1, 0.15) is 35.3 Å². The number of hydrogen-bond donors (Lipinski definition) is 2. The lowest BCUT2D eigenvalue weighted by atomic mass is 10.1. The molecule has 0 unspecified atom stereocenters. The molecule has 18 heavy (non-hydrogen) atoms. The summed E-state index contributed by atoms with van der Waals surface area (Å²) in [5.41, 5.74) is 2.98. The summed E-state index contributed by atoms with van der Waals surface area (Å²) in [5, 5.41) is 6.20. The Morgan fingerprint density at radius 1 is 1.22 bits per heavy atom. The first-order chi connectivity index (χ1) is 8.02. The molecule has 2 N–H and O–H groups in total. The Morgan fingerprint density at radius 3 is 2.28 bits per heavy atom. The Balaban J connectivity index is 0.00000289. The van der Waals surface area contributed by atoms with Gasteiger partial charge in [-0.15, -0.1) is 12.4 Å². The van der Waals surface area contributed by atoms with E-state index in [1.54, 1.807) is 0 Å². The second kappa shape index (κ2) is 8.11. The molecule has 102 valence electrons. The van der Waals surface area contributed by atoms with Crippen molar-refractivity contribution in [3.05, 3.63) is 34.9 Å². The number of rotatable bonds is 5.